The average Bonchev–Trinajstić information content (AvgIpc) is 2.47. The first-order valence-corrected chi connectivity index (χ1v) is 8.23. The summed E-state index contributed by atoms with van der Waals surface area (Å²) in [7, 11) is 1.81. The zero-order valence-electron chi connectivity index (χ0n) is 13.4. The van der Waals surface area contributed by atoms with Crippen LogP contribution in [0, 0.1) is 5.92 Å². The highest BCUT2D eigenvalue weighted by Crippen LogP contribution is 2.17. The average molecular weight is 270 g/mol. The summed E-state index contributed by atoms with van der Waals surface area (Å²) < 4.78 is 5.18. The number of nitrogens with zero attached hydrogens (tertiary/aromatic N) is 2. The maximum atomic E-state index is 5.18. The summed E-state index contributed by atoms with van der Waals surface area (Å²) in [6.07, 6.45) is 6.68. The van der Waals surface area contributed by atoms with Gasteiger partial charge in [-0.2, -0.15) is 0 Å². The molecule has 0 aromatic rings. The molecule has 0 bridgehead atoms. The Labute approximate surface area is 120 Å². The first kappa shape index (κ1) is 16.9. The van der Waals surface area contributed by atoms with Gasteiger partial charge in [-0.05, 0) is 31.8 Å². The molecule has 114 valence electrons. The normalized spacial score (nSPS) is 19.7. The number of rotatable bonds is 10. The lowest BCUT2D eigenvalue weighted by molar-refractivity contribution is 0.134. The van der Waals surface area contributed by atoms with Crippen molar-refractivity contribution in [3.05, 3.63) is 0 Å². The SMILES string of the molecule is CC[C@H](CCCCN1CCN(CC)CC1)CCOC. The Kier molecular flexibility index (Phi) is 9.48. The van der Waals surface area contributed by atoms with E-state index >= 15 is 0 Å². The topological polar surface area (TPSA) is 15.7 Å². The molecule has 0 unspecified atom stereocenters. The molecule has 0 aliphatic carbocycles. The molecule has 0 aromatic carbocycles. The van der Waals surface area contributed by atoms with Crippen molar-refractivity contribution in [2.75, 3.05) is 53.0 Å². The Morgan fingerprint density at radius 3 is 2.21 bits per heavy atom. The van der Waals surface area contributed by atoms with Crippen LogP contribution in [0.25, 0.3) is 0 Å². The van der Waals surface area contributed by atoms with Crippen LogP contribution in [0.15, 0.2) is 0 Å². The van der Waals surface area contributed by atoms with Crippen molar-refractivity contribution < 1.29 is 4.74 Å². The Balaban J connectivity index is 2.01. The lowest BCUT2D eigenvalue weighted by atomic mass is 9.96. The molecule has 1 fully saturated rings. The van der Waals surface area contributed by atoms with E-state index in [2.05, 4.69) is 23.6 Å². The lowest BCUT2D eigenvalue weighted by Gasteiger charge is -2.34. The molecule has 0 N–H and O–H groups in total. The molecule has 0 aromatic heterocycles. The smallest absolute Gasteiger partial charge is 0.0464 e. The van der Waals surface area contributed by atoms with Crippen molar-refractivity contribution in [1.29, 1.82) is 0 Å². The molecule has 0 radical (unpaired) electrons. The third-order valence-corrected chi connectivity index (χ3v) is 4.56. The molecule has 1 aliphatic heterocycles. The maximum absolute atomic E-state index is 5.18. The van der Waals surface area contributed by atoms with E-state index < -0.39 is 0 Å². The highest BCUT2D eigenvalue weighted by atomic mass is 16.5. The Hall–Kier alpha value is -0.120. The van der Waals surface area contributed by atoms with Gasteiger partial charge in [-0.15, -0.1) is 0 Å². The maximum Gasteiger partial charge on any atom is 0.0464 e. The van der Waals surface area contributed by atoms with Gasteiger partial charge in [0.2, 0.25) is 0 Å². The molecule has 3 heteroatoms. The van der Waals surface area contributed by atoms with Gasteiger partial charge in [0, 0.05) is 39.9 Å². The summed E-state index contributed by atoms with van der Waals surface area (Å²) in [5.74, 6) is 0.872. The van der Waals surface area contributed by atoms with Crippen molar-refractivity contribution in [2.45, 2.75) is 46.0 Å². The molecule has 1 rings (SSSR count). The quantitative estimate of drug-likeness (QED) is 0.568. The molecular weight excluding hydrogens is 236 g/mol. The van der Waals surface area contributed by atoms with Crippen LogP contribution < -0.4 is 0 Å². The number of hydrogen-bond donors (Lipinski definition) is 0. The van der Waals surface area contributed by atoms with Gasteiger partial charge in [0.15, 0.2) is 0 Å². The van der Waals surface area contributed by atoms with Crippen molar-refractivity contribution in [2.24, 2.45) is 5.92 Å². The minimum Gasteiger partial charge on any atom is -0.385 e. The van der Waals surface area contributed by atoms with Crippen LogP contribution in [0.4, 0.5) is 0 Å². The third kappa shape index (κ3) is 7.28. The van der Waals surface area contributed by atoms with Crippen LogP contribution in [0.1, 0.15) is 46.0 Å². The highest BCUT2D eigenvalue weighted by molar-refractivity contribution is 4.71. The number of ether oxygens (including phenoxy) is 1. The van der Waals surface area contributed by atoms with Gasteiger partial charge < -0.3 is 14.5 Å². The van der Waals surface area contributed by atoms with Crippen LogP contribution in [-0.4, -0.2) is 62.8 Å². The van der Waals surface area contributed by atoms with E-state index in [1.54, 1.807) is 0 Å². The molecular formula is C16H34N2O. The molecule has 19 heavy (non-hydrogen) atoms. The molecule has 1 heterocycles. The standard InChI is InChI=1S/C16H34N2O/c1-4-16(9-15-19-3)8-6-7-10-18-13-11-17(5-2)12-14-18/h16H,4-15H2,1-3H3/t16-/m1/s1. The Morgan fingerprint density at radius 2 is 1.63 bits per heavy atom. The van der Waals surface area contributed by atoms with Crippen LogP contribution >= 0.6 is 0 Å². The molecule has 0 saturated carbocycles. The van der Waals surface area contributed by atoms with Crippen LogP contribution in [0.2, 0.25) is 0 Å². The minimum absolute atomic E-state index is 0.872. The molecule has 1 aliphatic rings. The second kappa shape index (κ2) is 10.6. The summed E-state index contributed by atoms with van der Waals surface area (Å²) in [5.41, 5.74) is 0. The summed E-state index contributed by atoms with van der Waals surface area (Å²) in [6, 6.07) is 0. The first-order valence-electron chi connectivity index (χ1n) is 8.23. The highest BCUT2D eigenvalue weighted by Gasteiger charge is 2.14. The number of likely N-dealkylation sites (N-methyl/N-ethyl adjacent to an activating group) is 1. The van der Waals surface area contributed by atoms with Crippen molar-refractivity contribution >= 4 is 0 Å². The Morgan fingerprint density at radius 1 is 0.947 bits per heavy atom. The third-order valence-electron chi connectivity index (χ3n) is 4.56. The lowest BCUT2D eigenvalue weighted by Crippen LogP contribution is -2.46. The summed E-state index contributed by atoms with van der Waals surface area (Å²) in [6.45, 7) is 13.1. The number of piperazine rings is 1. The minimum atomic E-state index is 0.872. The van der Waals surface area contributed by atoms with Crippen molar-refractivity contribution in [1.82, 2.24) is 9.80 Å². The number of unbranched alkanes of at least 4 members (excludes halogenated alkanes) is 1. The molecule has 0 amide bonds. The fourth-order valence-corrected chi connectivity index (χ4v) is 2.93. The van der Waals surface area contributed by atoms with Crippen molar-refractivity contribution in [3.8, 4) is 0 Å². The van der Waals surface area contributed by atoms with E-state index in [9.17, 15) is 0 Å². The van der Waals surface area contributed by atoms with E-state index in [4.69, 9.17) is 4.74 Å². The molecule has 1 saturated heterocycles. The van der Waals surface area contributed by atoms with E-state index in [0.717, 1.165) is 12.5 Å². The molecule has 1 atom stereocenters. The largest absolute Gasteiger partial charge is 0.385 e. The van der Waals surface area contributed by atoms with E-state index in [1.165, 1.54) is 71.4 Å². The van der Waals surface area contributed by atoms with Gasteiger partial charge in [0.25, 0.3) is 0 Å². The number of hydrogen-bond acceptors (Lipinski definition) is 3. The van der Waals surface area contributed by atoms with Gasteiger partial charge >= 0.3 is 0 Å². The number of methoxy groups -OCH3 is 1. The predicted molar refractivity (Wildman–Crippen MR) is 82.7 cm³/mol. The van der Waals surface area contributed by atoms with Gasteiger partial charge in [0.05, 0.1) is 0 Å². The van der Waals surface area contributed by atoms with E-state index in [0.29, 0.717) is 0 Å². The summed E-state index contributed by atoms with van der Waals surface area (Å²) >= 11 is 0. The van der Waals surface area contributed by atoms with Crippen LogP contribution in [-0.2, 0) is 4.74 Å². The fourth-order valence-electron chi connectivity index (χ4n) is 2.93. The monoisotopic (exact) mass is 270 g/mol. The van der Waals surface area contributed by atoms with Gasteiger partial charge in [-0.25, -0.2) is 0 Å². The molecule has 3 nitrogen and oxygen atoms in total. The van der Waals surface area contributed by atoms with Crippen LogP contribution in [0.5, 0.6) is 0 Å². The first-order chi connectivity index (χ1) is 9.30. The second-order valence-electron chi connectivity index (χ2n) is 5.83. The molecule has 0 spiro atoms. The predicted octanol–water partition coefficient (Wildman–Crippen LogP) is 2.86. The Bertz CT molecular complexity index is 203. The van der Waals surface area contributed by atoms with Gasteiger partial charge in [-0.1, -0.05) is 33.1 Å². The fraction of sp³-hybridized carbons (Fsp3) is 1.00. The van der Waals surface area contributed by atoms with Gasteiger partial charge in [-0.3, -0.25) is 0 Å². The summed E-state index contributed by atoms with van der Waals surface area (Å²) in [4.78, 5) is 5.19. The van der Waals surface area contributed by atoms with E-state index in [-0.39, 0.29) is 0 Å². The van der Waals surface area contributed by atoms with E-state index in [1.807, 2.05) is 7.11 Å². The zero-order chi connectivity index (χ0) is 13.9. The van der Waals surface area contributed by atoms with Crippen molar-refractivity contribution in [3.63, 3.8) is 0 Å². The van der Waals surface area contributed by atoms with Crippen LogP contribution in [0.3, 0.4) is 0 Å². The second-order valence-corrected chi connectivity index (χ2v) is 5.83. The summed E-state index contributed by atoms with van der Waals surface area (Å²) in [5, 5.41) is 0. The zero-order valence-corrected chi connectivity index (χ0v) is 13.4. The van der Waals surface area contributed by atoms with Gasteiger partial charge in [0.1, 0.15) is 0 Å².